The van der Waals surface area contributed by atoms with Gasteiger partial charge in [-0.15, -0.1) is 0 Å². The summed E-state index contributed by atoms with van der Waals surface area (Å²) in [7, 11) is 1.55. The van der Waals surface area contributed by atoms with Gasteiger partial charge in [-0.2, -0.15) is 0 Å². The van der Waals surface area contributed by atoms with Crippen LogP contribution in [0.5, 0.6) is 5.75 Å². The first kappa shape index (κ1) is 15.8. The van der Waals surface area contributed by atoms with Crippen molar-refractivity contribution in [2.45, 2.75) is 27.7 Å². The summed E-state index contributed by atoms with van der Waals surface area (Å²) in [6.07, 6.45) is 0. The smallest absolute Gasteiger partial charge is 0.228 e. The Labute approximate surface area is 131 Å². The summed E-state index contributed by atoms with van der Waals surface area (Å²) in [5.41, 5.74) is 6.97. The van der Waals surface area contributed by atoms with Crippen molar-refractivity contribution in [3.63, 3.8) is 0 Å². The highest BCUT2D eigenvalue weighted by molar-refractivity contribution is 7.80. The molecule has 1 saturated carbocycles. The summed E-state index contributed by atoms with van der Waals surface area (Å²) >= 11 is 4.95. The van der Waals surface area contributed by atoms with Crippen molar-refractivity contribution in [3.05, 3.63) is 23.8 Å². The molecule has 114 valence electrons. The molecule has 0 bridgehead atoms. The second kappa shape index (κ2) is 4.98. The van der Waals surface area contributed by atoms with Gasteiger partial charge in [0.05, 0.1) is 12.8 Å². The van der Waals surface area contributed by atoms with E-state index in [0.29, 0.717) is 22.0 Å². The third-order valence-corrected chi connectivity index (χ3v) is 5.26. The molecule has 4 nitrogen and oxygen atoms in total. The second-order valence-corrected chi connectivity index (χ2v) is 7.08. The number of anilines is 1. The molecule has 0 saturated heterocycles. The molecule has 0 aromatic heterocycles. The number of hydrogen-bond donors (Lipinski definition) is 2. The van der Waals surface area contributed by atoms with Gasteiger partial charge in [0, 0.05) is 11.5 Å². The van der Waals surface area contributed by atoms with Crippen molar-refractivity contribution in [1.82, 2.24) is 0 Å². The molecule has 5 heteroatoms. The van der Waals surface area contributed by atoms with Crippen molar-refractivity contribution in [2.75, 3.05) is 12.4 Å². The molecule has 1 aromatic rings. The van der Waals surface area contributed by atoms with E-state index in [-0.39, 0.29) is 22.7 Å². The highest BCUT2D eigenvalue weighted by atomic mass is 32.1. The van der Waals surface area contributed by atoms with Crippen molar-refractivity contribution in [3.8, 4) is 5.75 Å². The fourth-order valence-corrected chi connectivity index (χ4v) is 3.13. The largest absolute Gasteiger partial charge is 0.495 e. The summed E-state index contributed by atoms with van der Waals surface area (Å²) < 4.78 is 5.31. The molecule has 2 rings (SSSR count). The number of thiocarbonyl (C=S) groups is 1. The van der Waals surface area contributed by atoms with E-state index in [0.717, 1.165) is 0 Å². The number of nitrogens with one attached hydrogen (secondary N) is 1. The van der Waals surface area contributed by atoms with Crippen LogP contribution in [0.4, 0.5) is 5.69 Å². The Balaban J connectivity index is 2.21. The minimum Gasteiger partial charge on any atom is -0.495 e. The zero-order valence-corrected chi connectivity index (χ0v) is 13.9. The summed E-state index contributed by atoms with van der Waals surface area (Å²) in [6, 6.07) is 5.29. The zero-order valence-electron chi connectivity index (χ0n) is 13.1. The molecule has 3 N–H and O–H groups in total. The summed E-state index contributed by atoms with van der Waals surface area (Å²) in [5, 5.41) is 2.95. The number of carbonyl (C=O) groups is 1. The lowest BCUT2D eigenvalue weighted by Crippen LogP contribution is -2.18. The Bertz CT molecular complexity index is 594. The minimum absolute atomic E-state index is 0.00306. The molecule has 0 unspecified atom stereocenters. The third kappa shape index (κ3) is 2.50. The summed E-state index contributed by atoms with van der Waals surface area (Å²) in [5.74, 6) is 0.571. The molecule has 0 heterocycles. The van der Waals surface area contributed by atoms with Crippen LogP contribution >= 0.6 is 12.2 Å². The number of ether oxygens (including phenoxy) is 1. The highest BCUT2D eigenvalue weighted by Gasteiger charge is 2.68. The first-order chi connectivity index (χ1) is 9.62. The predicted octanol–water partition coefficient (Wildman–Crippen LogP) is 2.95. The van der Waals surface area contributed by atoms with Gasteiger partial charge in [0.25, 0.3) is 0 Å². The van der Waals surface area contributed by atoms with Gasteiger partial charge in [0.15, 0.2) is 0 Å². The van der Waals surface area contributed by atoms with Crippen molar-refractivity contribution in [1.29, 1.82) is 0 Å². The Hall–Kier alpha value is -1.62. The molecular weight excluding hydrogens is 284 g/mol. The van der Waals surface area contributed by atoms with E-state index in [1.807, 2.05) is 0 Å². The van der Waals surface area contributed by atoms with Gasteiger partial charge in [-0.25, -0.2) is 0 Å². The molecule has 1 aliphatic carbocycles. The first-order valence-corrected chi connectivity index (χ1v) is 7.32. The van der Waals surface area contributed by atoms with Crippen LogP contribution in [0, 0.1) is 16.7 Å². The van der Waals surface area contributed by atoms with Crippen LogP contribution in [-0.4, -0.2) is 18.0 Å². The Morgan fingerprint density at radius 3 is 2.29 bits per heavy atom. The number of rotatable bonds is 4. The second-order valence-electron chi connectivity index (χ2n) is 6.64. The average molecular weight is 306 g/mol. The molecule has 1 fully saturated rings. The van der Waals surface area contributed by atoms with E-state index in [1.54, 1.807) is 25.3 Å². The van der Waals surface area contributed by atoms with Crippen LogP contribution in [0.1, 0.15) is 33.3 Å². The van der Waals surface area contributed by atoms with E-state index in [4.69, 9.17) is 22.7 Å². The molecule has 1 aromatic carbocycles. The summed E-state index contributed by atoms with van der Waals surface area (Å²) in [4.78, 5) is 12.8. The Kier molecular flexibility index (Phi) is 3.74. The van der Waals surface area contributed by atoms with Crippen LogP contribution in [0.25, 0.3) is 0 Å². The molecule has 21 heavy (non-hydrogen) atoms. The number of carbonyl (C=O) groups excluding carboxylic acids is 1. The quantitative estimate of drug-likeness (QED) is 0.840. The van der Waals surface area contributed by atoms with Gasteiger partial charge >= 0.3 is 0 Å². The van der Waals surface area contributed by atoms with E-state index < -0.39 is 0 Å². The molecular formula is C16H22N2O2S. The maximum absolute atomic E-state index is 12.5. The molecule has 1 amide bonds. The SMILES string of the molecule is COc1cc(C(N)=S)ccc1NC(=O)C1C(C)(C)C1(C)C. The van der Waals surface area contributed by atoms with Gasteiger partial charge in [-0.1, -0.05) is 39.9 Å². The van der Waals surface area contributed by atoms with E-state index in [2.05, 4.69) is 33.0 Å². The minimum atomic E-state index is -0.00929. The maximum atomic E-state index is 12.5. The van der Waals surface area contributed by atoms with Crippen LogP contribution in [-0.2, 0) is 4.79 Å². The average Bonchev–Trinajstić information content (AvgIpc) is 2.79. The number of methoxy groups -OCH3 is 1. The van der Waals surface area contributed by atoms with Gasteiger partial charge in [-0.3, -0.25) is 4.79 Å². The number of benzene rings is 1. The maximum Gasteiger partial charge on any atom is 0.228 e. The molecule has 0 radical (unpaired) electrons. The van der Waals surface area contributed by atoms with E-state index in [9.17, 15) is 4.79 Å². The first-order valence-electron chi connectivity index (χ1n) is 6.91. The van der Waals surface area contributed by atoms with E-state index in [1.165, 1.54) is 0 Å². The van der Waals surface area contributed by atoms with Crippen LogP contribution in [0.2, 0.25) is 0 Å². The van der Waals surface area contributed by atoms with Gasteiger partial charge < -0.3 is 15.8 Å². The topological polar surface area (TPSA) is 64.3 Å². The van der Waals surface area contributed by atoms with Gasteiger partial charge in [0.2, 0.25) is 5.91 Å². The molecule has 0 spiro atoms. The lowest BCUT2D eigenvalue weighted by Gasteiger charge is -2.12. The predicted molar refractivity (Wildman–Crippen MR) is 88.6 cm³/mol. The highest BCUT2D eigenvalue weighted by Crippen LogP contribution is 2.68. The van der Waals surface area contributed by atoms with Crippen molar-refractivity contribution >= 4 is 28.8 Å². The van der Waals surface area contributed by atoms with Gasteiger partial charge in [0.1, 0.15) is 10.7 Å². The van der Waals surface area contributed by atoms with Crippen molar-refractivity contribution < 1.29 is 9.53 Å². The normalized spacial score (nSPS) is 18.9. The van der Waals surface area contributed by atoms with Crippen LogP contribution in [0.15, 0.2) is 18.2 Å². The van der Waals surface area contributed by atoms with Crippen LogP contribution in [0.3, 0.4) is 0 Å². The van der Waals surface area contributed by atoms with Crippen LogP contribution < -0.4 is 15.8 Å². The lowest BCUT2D eigenvalue weighted by molar-refractivity contribution is -0.118. The standard InChI is InChI=1S/C16H22N2O2S/c1-15(2)12(16(15,3)4)14(19)18-10-7-6-9(13(17)21)8-11(10)20-5/h6-8,12H,1-5H3,(H2,17,21)(H,18,19). The number of amides is 1. The number of hydrogen-bond acceptors (Lipinski definition) is 3. The molecule has 1 aliphatic rings. The third-order valence-electron chi connectivity index (χ3n) is 5.03. The molecule has 0 atom stereocenters. The Morgan fingerprint density at radius 1 is 1.29 bits per heavy atom. The van der Waals surface area contributed by atoms with E-state index >= 15 is 0 Å². The number of nitrogens with two attached hydrogens (primary N) is 1. The zero-order chi connectivity index (χ0) is 16.0. The fraction of sp³-hybridized carbons (Fsp3) is 0.500. The lowest BCUT2D eigenvalue weighted by atomic mass is 10.0. The Morgan fingerprint density at radius 2 is 1.86 bits per heavy atom. The van der Waals surface area contributed by atoms with Crippen molar-refractivity contribution in [2.24, 2.45) is 22.5 Å². The molecule has 0 aliphatic heterocycles. The monoisotopic (exact) mass is 306 g/mol. The fourth-order valence-electron chi connectivity index (χ4n) is 3.00. The summed E-state index contributed by atoms with van der Waals surface area (Å²) in [6.45, 7) is 8.46. The van der Waals surface area contributed by atoms with Gasteiger partial charge in [-0.05, 0) is 29.0 Å².